The molecule has 0 atom stereocenters. The molecule has 2 N–H and O–H groups in total. The Morgan fingerprint density at radius 2 is 2.00 bits per heavy atom. The Hall–Kier alpha value is -2.56. The summed E-state index contributed by atoms with van der Waals surface area (Å²) in [7, 11) is 1.88. The monoisotopic (exact) mass is 314 g/mol. The van der Waals surface area contributed by atoms with E-state index >= 15 is 0 Å². The number of benzene rings is 1. The Morgan fingerprint density at radius 3 is 2.70 bits per heavy atom. The van der Waals surface area contributed by atoms with Gasteiger partial charge >= 0.3 is 5.97 Å². The molecule has 0 fully saturated rings. The van der Waals surface area contributed by atoms with E-state index in [1.807, 2.05) is 43.4 Å². The van der Waals surface area contributed by atoms with Crippen LogP contribution in [0.3, 0.4) is 0 Å². The van der Waals surface area contributed by atoms with E-state index in [9.17, 15) is 4.79 Å². The second-order valence-corrected chi connectivity index (χ2v) is 5.24. The number of carbonyl (C=O) groups is 1. The van der Waals surface area contributed by atoms with Crippen molar-refractivity contribution >= 4 is 11.7 Å². The van der Waals surface area contributed by atoms with Gasteiger partial charge in [-0.15, -0.1) is 0 Å². The van der Waals surface area contributed by atoms with Crippen molar-refractivity contribution < 1.29 is 14.6 Å². The number of aliphatic carboxylic acids is 1. The van der Waals surface area contributed by atoms with E-state index < -0.39 is 5.97 Å². The van der Waals surface area contributed by atoms with E-state index in [0.29, 0.717) is 13.0 Å². The lowest BCUT2D eigenvalue weighted by Gasteiger charge is -2.09. The van der Waals surface area contributed by atoms with Crippen LogP contribution in [0.2, 0.25) is 0 Å². The van der Waals surface area contributed by atoms with Gasteiger partial charge in [0.25, 0.3) is 0 Å². The fourth-order valence-corrected chi connectivity index (χ4v) is 2.33. The van der Waals surface area contributed by atoms with Gasteiger partial charge in [-0.2, -0.15) is 0 Å². The highest BCUT2D eigenvalue weighted by molar-refractivity contribution is 5.66. The van der Waals surface area contributed by atoms with E-state index in [4.69, 9.17) is 9.84 Å². The third-order valence-corrected chi connectivity index (χ3v) is 3.55. The first-order valence-corrected chi connectivity index (χ1v) is 7.74. The average Bonchev–Trinajstić information content (AvgIpc) is 2.56. The zero-order valence-electron chi connectivity index (χ0n) is 13.3. The first kappa shape index (κ1) is 16.8. The fraction of sp³-hybridized carbons (Fsp3) is 0.333. The Labute approximate surface area is 136 Å². The molecule has 1 heterocycles. The zero-order valence-corrected chi connectivity index (χ0v) is 13.3. The number of carboxylic acid groups (broad SMARTS) is 1. The van der Waals surface area contributed by atoms with Crippen LogP contribution in [0.25, 0.3) is 0 Å². The van der Waals surface area contributed by atoms with E-state index in [2.05, 4.69) is 10.3 Å². The second-order valence-electron chi connectivity index (χ2n) is 5.24. The number of hydrogen-bond acceptors (Lipinski definition) is 4. The number of rotatable bonds is 9. The molecule has 1 aromatic heterocycles. The van der Waals surface area contributed by atoms with Gasteiger partial charge in [-0.1, -0.05) is 12.1 Å². The van der Waals surface area contributed by atoms with Crippen LogP contribution in [0.4, 0.5) is 5.69 Å². The molecule has 0 unspecified atom stereocenters. The summed E-state index contributed by atoms with van der Waals surface area (Å²) in [5, 5.41) is 11.8. The largest absolute Gasteiger partial charge is 0.493 e. The summed E-state index contributed by atoms with van der Waals surface area (Å²) in [5.41, 5.74) is 3.13. The summed E-state index contributed by atoms with van der Waals surface area (Å²) in [6, 6.07) is 11.7. The number of anilines is 1. The lowest BCUT2D eigenvalue weighted by atomic mass is 10.1. The molecule has 2 rings (SSSR count). The van der Waals surface area contributed by atoms with Crippen molar-refractivity contribution in [1.82, 2.24) is 4.98 Å². The molecular weight excluding hydrogens is 292 g/mol. The predicted molar refractivity (Wildman–Crippen MR) is 90.0 cm³/mol. The van der Waals surface area contributed by atoms with Gasteiger partial charge in [-0.05, 0) is 42.7 Å². The number of ether oxygens (including phenoxy) is 1. The summed E-state index contributed by atoms with van der Waals surface area (Å²) in [6.45, 7) is 0.560. The molecule has 0 spiro atoms. The summed E-state index contributed by atoms with van der Waals surface area (Å²) >= 11 is 0. The highest BCUT2D eigenvalue weighted by Crippen LogP contribution is 2.16. The van der Waals surface area contributed by atoms with Crippen molar-refractivity contribution in [2.75, 3.05) is 19.0 Å². The maximum absolute atomic E-state index is 10.5. The Morgan fingerprint density at radius 1 is 1.22 bits per heavy atom. The number of carboxylic acids is 1. The van der Waals surface area contributed by atoms with Crippen LogP contribution in [0.15, 0.2) is 42.6 Å². The van der Waals surface area contributed by atoms with Gasteiger partial charge in [0.05, 0.1) is 18.0 Å². The topological polar surface area (TPSA) is 71.5 Å². The minimum atomic E-state index is -0.750. The lowest BCUT2D eigenvalue weighted by Crippen LogP contribution is -2.05. The van der Waals surface area contributed by atoms with Crippen LogP contribution in [0, 0.1) is 0 Å². The van der Waals surface area contributed by atoms with Gasteiger partial charge < -0.3 is 15.2 Å². The van der Waals surface area contributed by atoms with E-state index in [-0.39, 0.29) is 6.42 Å². The first-order chi connectivity index (χ1) is 11.2. The molecule has 0 aliphatic rings. The molecule has 5 nitrogen and oxygen atoms in total. The molecule has 0 saturated carbocycles. The van der Waals surface area contributed by atoms with Crippen molar-refractivity contribution in [3.63, 3.8) is 0 Å². The number of hydrogen-bond donors (Lipinski definition) is 2. The quantitative estimate of drug-likeness (QED) is 0.744. The van der Waals surface area contributed by atoms with Crippen molar-refractivity contribution in [3.05, 3.63) is 53.9 Å². The molecule has 0 aliphatic heterocycles. The molecule has 1 aromatic carbocycles. The van der Waals surface area contributed by atoms with Crippen molar-refractivity contribution in [3.8, 4) is 5.75 Å². The number of nitrogens with zero attached hydrogens (tertiary/aromatic N) is 1. The van der Waals surface area contributed by atoms with Gasteiger partial charge in [-0.3, -0.25) is 9.78 Å². The second kappa shape index (κ2) is 8.78. The van der Waals surface area contributed by atoms with Crippen molar-refractivity contribution in [2.45, 2.75) is 25.7 Å². The molecule has 0 aliphatic carbocycles. The number of pyridine rings is 1. The van der Waals surface area contributed by atoms with Gasteiger partial charge in [0.1, 0.15) is 5.75 Å². The van der Waals surface area contributed by atoms with Crippen LogP contribution in [-0.4, -0.2) is 29.7 Å². The maximum atomic E-state index is 10.5. The maximum Gasteiger partial charge on any atom is 0.303 e. The summed E-state index contributed by atoms with van der Waals surface area (Å²) in [4.78, 5) is 14.8. The van der Waals surface area contributed by atoms with Gasteiger partial charge in [0.2, 0.25) is 0 Å². The molecular formula is C18H22N2O3. The predicted octanol–water partition coefficient (Wildman–Crippen LogP) is 3.15. The van der Waals surface area contributed by atoms with E-state index in [1.165, 1.54) is 0 Å². The Kier molecular flexibility index (Phi) is 6.41. The third kappa shape index (κ3) is 5.62. The van der Waals surface area contributed by atoms with Crippen molar-refractivity contribution in [2.24, 2.45) is 0 Å². The van der Waals surface area contributed by atoms with E-state index in [0.717, 1.165) is 35.5 Å². The van der Waals surface area contributed by atoms with Gasteiger partial charge in [-0.25, -0.2) is 0 Å². The molecule has 0 radical (unpaired) electrons. The van der Waals surface area contributed by atoms with Crippen LogP contribution in [0.1, 0.15) is 24.1 Å². The number of aromatic nitrogens is 1. The van der Waals surface area contributed by atoms with Crippen LogP contribution in [0.5, 0.6) is 5.75 Å². The van der Waals surface area contributed by atoms with E-state index in [1.54, 1.807) is 6.20 Å². The molecule has 0 bridgehead atoms. The molecule has 0 saturated heterocycles. The minimum Gasteiger partial charge on any atom is -0.493 e. The number of aryl methyl sites for hydroxylation is 1. The molecule has 5 heteroatoms. The normalized spacial score (nSPS) is 10.3. The standard InChI is InChI=1S/C18H22N2O3/c1-19-16-5-3-12-20-17(16)11-13-23-15-9-7-14(8-10-15)4-2-6-18(21)22/h3,5,7-10,12,19H,2,4,6,11,13H2,1H3,(H,21,22). The molecule has 0 amide bonds. The average molecular weight is 314 g/mol. The summed E-state index contributed by atoms with van der Waals surface area (Å²) in [5.74, 6) is 0.0642. The molecule has 122 valence electrons. The third-order valence-electron chi connectivity index (χ3n) is 3.55. The van der Waals surface area contributed by atoms with Gasteiger partial charge in [0.15, 0.2) is 0 Å². The summed E-state index contributed by atoms with van der Waals surface area (Å²) in [6.07, 6.45) is 4.14. The van der Waals surface area contributed by atoms with Crippen LogP contribution < -0.4 is 10.1 Å². The molecule has 2 aromatic rings. The highest BCUT2D eigenvalue weighted by atomic mass is 16.5. The zero-order chi connectivity index (χ0) is 16.5. The smallest absolute Gasteiger partial charge is 0.303 e. The SMILES string of the molecule is CNc1cccnc1CCOc1ccc(CCCC(=O)O)cc1. The lowest BCUT2D eigenvalue weighted by molar-refractivity contribution is -0.137. The summed E-state index contributed by atoms with van der Waals surface area (Å²) < 4.78 is 5.75. The van der Waals surface area contributed by atoms with Crippen molar-refractivity contribution in [1.29, 1.82) is 0 Å². The first-order valence-electron chi connectivity index (χ1n) is 7.74. The van der Waals surface area contributed by atoms with Crippen LogP contribution in [-0.2, 0) is 17.6 Å². The van der Waals surface area contributed by atoms with Gasteiger partial charge in [0, 0.05) is 26.1 Å². The van der Waals surface area contributed by atoms with Crippen LogP contribution >= 0.6 is 0 Å². The Bertz CT molecular complexity index is 626. The molecule has 23 heavy (non-hydrogen) atoms. The Balaban J connectivity index is 1.78. The number of nitrogens with one attached hydrogen (secondary N) is 1. The highest BCUT2D eigenvalue weighted by Gasteiger charge is 2.03. The fourth-order valence-electron chi connectivity index (χ4n) is 2.33. The minimum absolute atomic E-state index is 0.204.